The van der Waals surface area contributed by atoms with Crippen molar-refractivity contribution in [3.8, 4) is 0 Å². The highest BCUT2D eigenvalue weighted by atomic mass is 35.5. The number of nitrogens with zero attached hydrogens (tertiary/aromatic N) is 1. The van der Waals surface area contributed by atoms with Gasteiger partial charge in [0.05, 0.1) is 12.7 Å². The van der Waals surface area contributed by atoms with Gasteiger partial charge < -0.3 is 15.0 Å². The molecule has 0 radical (unpaired) electrons. The highest BCUT2D eigenvalue weighted by Gasteiger charge is 2.11. The number of rotatable bonds is 15. The van der Waals surface area contributed by atoms with Crippen molar-refractivity contribution >= 4 is 12.4 Å². The van der Waals surface area contributed by atoms with Crippen molar-refractivity contribution in [1.29, 1.82) is 0 Å². The fourth-order valence-corrected chi connectivity index (χ4v) is 3.37. The lowest BCUT2D eigenvalue weighted by atomic mass is 10.0. The Morgan fingerprint density at radius 2 is 1.15 bits per heavy atom. The molecule has 0 aromatic rings. The van der Waals surface area contributed by atoms with E-state index in [0.29, 0.717) is 6.10 Å². The van der Waals surface area contributed by atoms with E-state index in [1.165, 1.54) is 96.3 Å². The number of morpholine rings is 1. The van der Waals surface area contributed by atoms with E-state index in [0.717, 1.165) is 19.7 Å². The molecule has 0 amide bonds. The Kier molecular flexibility index (Phi) is 26.3. The van der Waals surface area contributed by atoms with Crippen molar-refractivity contribution in [3.05, 3.63) is 0 Å². The highest BCUT2D eigenvalue weighted by molar-refractivity contribution is 5.85. The van der Waals surface area contributed by atoms with E-state index in [9.17, 15) is 0 Å². The van der Waals surface area contributed by atoms with Gasteiger partial charge in [0.15, 0.2) is 0 Å². The molecule has 3 nitrogen and oxygen atoms in total. The predicted octanol–water partition coefficient (Wildman–Crippen LogP) is 6.45. The molecule has 27 heavy (non-hydrogen) atoms. The smallest absolute Gasteiger partial charge is 0.0700 e. The Hall–Kier alpha value is 0.170. The van der Waals surface area contributed by atoms with Crippen LogP contribution in [0.4, 0.5) is 0 Å². The molecular formula is C23H51ClN2O. The van der Waals surface area contributed by atoms with Crippen LogP contribution in [0, 0.1) is 0 Å². The Morgan fingerprint density at radius 1 is 0.741 bits per heavy atom. The molecule has 1 heterocycles. The maximum Gasteiger partial charge on any atom is 0.0700 e. The lowest BCUT2D eigenvalue weighted by molar-refractivity contribution is 0.0220. The summed E-state index contributed by atoms with van der Waals surface area (Å²) < 4.78 is 5.73. The van der Waals surface area contributed by atoms with Crippen molar-refractivity contribution in [2.24, 2.45) is 0 Å². The molecule has 1 fully saturated rings. The topological polar surface area (TPSA) is 24.5 Å². The zero-order chi connectivity index (χ0) is 19.3. The Labute approximate surface area is 177 Å². The van der Waals surface area contributed by atoms with Crippen LogP contribution < -0.4 is 5.32 Å². The van der Waals surface area contributed by atoms with Gasteiger partial charge in [-0.05, 0) is 27.6 Å². The zero-order valence-corrected chi connectivity index (χ0v) is 19.9. The monoisotopic (exact) mass is 406 g/mol. The summed E-state index contributed by atoms with van der Waals surface area (Å²) in [5.41, 5.74) is 0. The minimum atomic E-state index is 0. The molecule has 0 spiro atoms. The number of hydrogen-bond donors (Lipinski definition) is 1. The van der Waals surface area contributed by atoms with Gasteiger partial charge in [0, 0.05) is 13.1 Å². The van der Waals surface area contributed by atoms with Crippen molar-refractivity contribution < 1.29 is 4.74 Å². The molecule has 1 rings (SSSR count). The van der Waals surface area contributed by atoms with Crippen molar-refractivity contribution in [2.75, 3.05) is 40.8 Å². The molecule has 1 N–H and O–H groups in total. The summed E-state index contributed by atoms with van der Waals surface area (Å²) in [6.45, 7) is 5.30. The van der Waals surface area contributed by atoms with Gasteiger partial charge in [-0.3, -0.25) is 0 Å². The molecule has 1 aliphatic rings. The Bertz CT molecular complexity index is 256. The van der Waals surface area contributed by atoms with Crippen molar-refractivity contribution in [2.45, 2.75) is 109 Å². The van der Waals surface area contributed by atoms with Gasteiger partial charge >= 0.3 is 0 Å². The summed E-state index contributed by atoms with van der Waals surface area (Å²) in [5, 5.41) is 3.41. The Morgan fingerprint density at radius 3 is 1.52 bits per heavy atom. The largest absolute Gasteiger partial charge is 0.376 e. The first-order chi connectivity index (χ1) is 12.7. The van der Waals surface area contributed by atoms with Crippen LogP contribution in [-0.4, -0.2) is 51.8 Å². The minimum absolute atomic E-state index is 0. The van der Waals surface area contributed by atoms with Crippen LogP contribution in [0.25, 0.3) is 0 Å². The lowest BCUT2D eigenvalue weighted by Gasteiger charge is -2.23. The maximum absolute atomic E-state index is 5.73. The fraction of sp³-hybridized carbons (Fsp3) is 1.00. The quantitative estimate of drug-likeness (QED) is 0.316. The second kappa shape index (κ2) is 24.2. The normalized spacial score (nSPS) is 16.6. The highest BCUT2D eigenvalue weighted by Crippen LogP contribution is 2.14. The van der Waals surface area contributed by atoms with Crippen LogP contribution in [0.3, 0.4) is 0 Å². The van der Waals surface area contributed by atoms with Crippen LogP contribution in [0.1, 0.15) is 103 Å². The molecular weight excluding hydrogens is 356 g/mol. The number of nitrogens with one attached hydrogen (secondary N) is 1. The van der Waals surface area contributed by atoms with Crippen LogP contribution in [0.2, 0.25) is 0 Å². The maximum atomic E-state index is 5.73. The van der Waals surface area contributed by atoms with Crippen molar-refractivity contribution in [3.63, 3.8) is 0 Å². The number of hydrogen-bond acceptors (Lipinski definition) is 3. The third-order valence-corrected chi connectivity index (χ3v) is 4.88. The fourth-order valence-electron chi connectivity index (χ4n) is 3.37. The first kappa shape index (κ1) is 29.4. The standard InChI is InChI=1S/C20H41NO.C3H9N.ClH/c1-2-3-4-5-6-7-8-9-10-11-12-13-14-15-16-20-19-21-17-18-22-20;1-4(2)3;/h20-21H,2-19H2,1H3;1-3H3;1H. The summed E-state index contributed by atoms with van der Waals surface area (Å²) >= 11 is 0. The number of unbranched alkanes of at least 4 members (excludes halogenated alkanes) is 13. The molecule has 1 atom stereocenters. The van der Waals surface area contributed by atoms with E-state index >= 15 is 0 Å². The third kappa shape index (κ3) is 26.2. The minimum Gasteiger partial charge on any atom is -0.376 e. The molecule has 0 aromatic heterocycles. The SMILES string of the molecule is CCCCCCCCCCCCCCCCC1CNCCO1.CN(C)C.Cl. The van der Waals surface area contributed by atoms with E-state index in [-0.39, 0.29) is 12.4 Å². The molecule has 166 valence electrons. The molecule has 1 saturated heterocycles. The van der Waals surface area contributed by atoms with E-state index in [1.54, 1.807) is 0 Å². The van der Waals surface area contributed by atoms with E-state index in [2.05, 4.69) is 12.2 Å². The average molecular weight is 407 g/mol. The Balaban J connectivity index is 0. The van der Waals surface area contributed by atoms with Gasteiger partial charge in [-0.15, -0.1) is 12.4 Å². The molecule has 4 heteroatoms. The predicted molar refractivity (Wildman–Crippen MR) is 124 cm³/mol. The van der Waals surface area contributed by atoms with Gasteiger partial charge in [-0.1, -0.05) is 96.8 Å². The van der Waals surface area contributed by atoms with E-state index in [4.69, 9.17) is 4.74 Å². The van der Waals surface area contributed by atoms with Crippen LogP contribution >= 0.6 is 12.4 Å². The molecule has 0 aromatic carbocycles. The van der Waals surface area contributed by atoms with Crippen LogP contribution in [0.15, 0.2) is 0 Å². The van der Waals surface area contributed by atoms with Crippen LogP contribution in [-0.2, 0) is 4.74 Å². The van der Waals surface area contributed by atoms with Gasteiger partial charge in [-0.25, -0.2) is 0 Å². The summed E-state index contributed by atoms with van der Waals surface area (Å²) in [6.07, 6.45) is 21.9. The summed E-state index contributed by atoms with van der Waals surface area (Å²) in [5.74, 6) is 0. The van der Waals surface area contributed by atoms with Gasteiger partial charge in [0.1, 0.15) is 0 Å². The van der Waals surface area contributed by atoms with E-state index in [1.807, 2.05) is 26.0 Å². The average Bonchev–Trinajstić information content (AvgIpc) is 2.62. The lowest BCUT2D eigenvalue weighted by Crippen LogP contribution is -2.38. The molecule has 0 bridgehead atoms. The van der Waals surface area contributed by atoms with Crippen molar-refractivity contribution in [1.82, 2.24) is 10.2 Å². The summed E-state index contributed by atoms with van der Waals surface area (Å²) in [4.78, 5) is 2.00. The molecule has 0 aliphatic carbocycles. The first-order valence-corrected chi connectivity index (χ1v) is 11.6. The molecule has 0 saturated carbocycles. The second-order valence-electron chi connectivity index (χ2n) is 8.42. The van der Waals surface area contributed by atoms with Gasteiger partial charge in [-0.2, -0.15) is 0 Å². The van der Waals surface area contributed by atoms with Gasteiger partial charge in [0.25, 0.3) is 0 Å². The summed E-state index contributed by atoms with van der Waals surface area (Å²) in [6, 6.07) is 0. The molecule has 1 unspecified atom stereocenters. The first-order valence-electron chi connectivity index (χ1n) is 11.6. The number of ether oxygens (including phenoxy) is 1. The van der Waals surface area contributed by atoms with Gasteiger partial charge in [0.2, 0.25) is 0 Å². The molecule has 1 aliphatic heterocycles. The third-order valence-electron chi connectivity index (χ3n) is 4.88. The van der Waals surface area contributed by atoms with E-state index < -0.39 is 0 Å². The second-order valence-corrected chi connectivity index (χ2v) is 8.42. The zero-order valence-electron chi connectivity index (χ0n) is 19.1. The summed E-state index contributed by atoms with van der Waals surface area (Å²) in [7, 11) is 6.00. The van der Waals surface area contributed by atoms with Crippen LogP contribution in [0.5, 0.6) is 0 Å². The number of halogens is 1.